The van der Waals surface area contributed by atoms with Crippen molar-refractivity contribution < 1.29 is 27.4 Å². The Morgan fingerprint density at radius 1 is 1.19 bits per heavy atom. The monoisotopic (exact) mass is 305 g/mol. The van der Waals surface area contributed by atoms with Crippen molar-refractivity contribution in [2.75, 3.05) is 13.2 Å². The molecule has 2 atom stereocenters. The summed E-state index contributed by atoms with van der Waals surface area (Å²) in [6, 6.07) is 2.06. The van der Waals surface area contributed by atoms with E-state index in [9.17, 15) is 22.7 Å². The van der Waals surface area contributed by atoms with Crippen molar-refractivity contribution in [1.29, 1.82) is 0 Å². The number of benzene rings is 1. The van der Waals surface area contributed by atoms with Crippen LogP contribution in [-0.4, -0.2) is 30.4 Å². The highest BCUT2D eigenvalue weighted by Gasteiger charge is 2.44. The van der Waals surface area contributed by atoms with Crippen LogP contribution in [0.25, 0.3) is 0 Å². The molecule has 2 aliphatic rings. The van der Waals surface area contributed by atoms with Gasteiger partial charge in [-0.15, -0.1) is 0 Å². The van der Waals surface area contributed by atoms with Crippen molar-refractivity contribution in [1.82, 2.24) is 5.32 Å². The summed E-state index contributed by atoms with van der Waals surface area (Å²) in [6.07, 6.45) is -4.17. The van der Waals surface area contributed by atoms with Crippen molar-refractivity contribution in [3.05, 3.63) is 35.1 Å². The quantitative estimate of drug-likeness (QED) is 0.782. The van der Waals surface area contributed by atoms with Gasteiger partial charge in [0.15, 0.2) is 0 Å². The maximum Gasteiger partial charge on any atom is 0.416 e. The largest absolute Gasteiger partial charge is 0.416 e. The van der Waals surface area contributed by atoms with Gasteiger partial charge in [-0.25, -0.2) is 4.39 Å². The molecule has 2 aliphatic heterocycles. The Hall–Kier alpha value is -1.18. The van der Waals surface area contributed by atoms with Crippen LogP contribution in [-0.2, 0) is 16.5 Å². The summed E-state index contributed by atoms with van der Waals surface area (Å²) >= 11 is 0. The van der Waals surface area contributed by atoms with Crippen molar-refractivity contribution in [2.24, 2.45) is 0 Å². The first-order chi connectivity index (χ1) is 9.78. The van der Waals surface area contributed by atoms with E-state index in [2.05, 4.69) is 5.32 Å². The number of halogens is 4. The molecule has 116 valence electrons. The maximum absolute atomic E-state index is 14.1. The summed E-state index contributed by atoms with van der Waals surface area (Å²) in [5, 5.41) is 14.0. The third-order valence-corrected chi connectivity index (χ3v) is 4.08. The topological polar surface area (TPSA) is 41.5 Å². The third-order valence-electron chi connectivity index (χ3n) is 4.08. The molecule has 0 spiro atoms. The minimum Gasteiger partial charge on any atom is -0.385 e. The van der Waals surface area contributed by atoms with Crippen LogP contribution < -0.4 is 5.32 Å². The van der Waals surface area contributed by atoms with E-state index in [4.69, 9.17) is 4.74 Å². The number of fused-ring (bicyclic) bond motifs is 2. The number of rotatable bonds is 1. The normalized spacial score (nSPS) is 33.0. The Bertz CT molecular complexity index is 534. The Kier molecular flexibility index (Phi) is 3.46. The van der Waals surface area contributed by atoms with Gasteiger partial charge >= 0.3 is 6.18 Å². The van der Waals surface area contributed by atoms with E-state index in [0.717, 1.165) is 12.1 Å². The van der Waals surface area contributed by atoms with Crippen LogP contribution in [0.3, 0.4) is 0 Å². The summed E-state index contributed by atoms with van der Waals surface area (Å²) in [7, 11) is 0. The average Bonchev–Trinajstić information content (AvgIpc) is 2.36. The lowest BCUT2D eigenvalue weighted by atomic mass is 9.77. The molecule has 2 fully saturated rings. The Morgan fingerprint density at radius 2 is 1.81 bits per heavy atom. The van der Waals surface area contributed by atoms with Crippen LogP contribution in [0.15, 0.2) is 18.2 Å². The van der Waals surface area contributed by atoms with Gasteiger partial charge in [-0.1, -0.05) is 6.07 Å². The average molecular weight is 305 g/mol. The molecule has 0 radical (unpaired) electrons. The van der Waals surface area contributed by atoms with Crippen LogP contribution in [0.1, 0.15) is 24.0 Å². The van der Waals surface area contributed by atoms with Crippen molar-refractivity contribution in [3.8, 4) is 0 Å². The molecule has 1 aromatic carbocycles. The molecule has 0 amide bonds. The summed E-state index contributed by atoms with van der Waals surface area (Å²) in [4.78, 5) is 0. The first kappa shape index (κ1) is 14.7. The number of hydrogen-bond donors (Lipinski definition) is 2. The molecule has 0 saturated carbocycles. The number of aliphatic hydroxyl groups is 1. The molecule has 7 heteroatoms. The molecule has 2 saturated heterocycles. The van der Waals surface area contributed by atoms with E-state index in [0.29, 0.717) is 19.3 Å². The highest BCUT2D eigenvalue weighted by molar-refractivity contribution is 5.31. The van der Waals surface area contributed by atoms with Gasteiger partial charge in [0.1, 0.15) is 5.82 Å². The molecular weight excluding hydrogens is 290 g/mol. The summed E-state index contributed by atoms with van der Waals surface area (Å²) in [5.41, 5.74) is -2.59. The van der Waals surface area contributed by atoms with Crippen molar-refractivity contribution in [2.45, 2.75) is 36.7 Å². The standard InChI is InChI=1S/C14H15F4NO2/c15-12-3-8(14(16,17)18)1-2-11(12)13(20)4-9-6-21-7-10(5-13)19-9/h1-3,9-10,19-20H,4-7H2. The summed E-state index contributed by atoms with van der Waals surface area (Å²) in [6.45, 7) is 0.808. The van der Waals surface area contributed by atoms with Gasteiger partial charge < -0.3 is 15.2 Å². The van der Waals surface area contributed by atoms with Gasteiger partial charge in [0, 0.05) is 17.6 Å². The van der Waals surface area contributed by atoms with Crippen LogP contribution in [0, 0.1) is 5.82 Å². The molecular formula is C14H15F4NO2. The van der Waals surface area contributed by atoms with E-state index in [1.165, 1.54) is 0 Å². The molecule has 3 rings (SSSR count). The minimum absolute atomic E-state index is 0.0751. The van der Waals surface area contributed by atoms with Gasteiger partial charge in [0.05, 0.1) is 24.4 Å². The number of nitrogens with one attached hydrogen (secondary N) is 1. The van der Waals surface area contributed by atoms with Crippen molar-refractivity contribution in [3.63, 3.8) is 0 Å². The summed E-state index contributed by atoms with van der Waals surface area (Å²) in [5.74, 6) is -1.02. The second-order valence-corrected chi connectivity index (χ2v) is 5.73. The van der Waals surface area contributed by atoms with Gasteiger partial charge in [0.2, 0.25) is 0 Å². The zero-order chi connectivity index (χ0) is 15.3. The second-order valence-electron chi connectivity index (χ2n) is 5.73. The minimum atomic E-state index is -4.60. The zero-order valence-corrected chi connectivity index (χ0v) is 11.1. The molecule has 0 aromatic heterocycles. The second kappa shape index (κ2) is 4.93. The Labute approximate surface area is 118 Å². The molecule has 2 unspecified atom stereocenters. The van der Waals surface area contributed by atoms with E-state index in [-0.39, 0.29) is 30.5 Å². The molecule has 2 N–H and O–H groups in total. The molecule has 3 nitrogen and oxygen atoms in total. The number of alkyl halides is 3. The van der Waals surface area contributed by atoms with E-state index in [1.54, 1.807) is 0 Å². The molecule has 2 heterocycles. The lowest BCUT2D eigenvalue weighted by Gasteiger charge is -2.45. The molecule has 2 bridgehead atoms. The maximum atomic E-state index is 14.1. The summed E-state index contributed by atoms with van der Waals surface area (Å²) < 4.78 is 57.1. The van der Waals surface area contributed by atoms with Gasteiger partial charge in [-0.2, -0.15) is 13.2 Å². The fraction of sp³-hybridized carbons (Fsp3) is 0.571. The van der Waals surface area contributed by atoms with E-state index in [1.807, 2.05) is 0 Å². The lowest BCUT2D eigenvalue weighted by Crippen LogP contribution is -2.58. The van der Waals surface area contributed by atoms with Crippen molar-refractivity contribution >= 4 is 0 Å². The molecule has 0 aliphatic carbocycles. The molecule has 21 heavy (non-hydrogen) atoms. The number of hydrogen-bond acceptors (Lipinski definition) is 3. The predicted molar refractivity (Wildman–Crippen MR) is 66.1 cm³/mol. The van der Waals surface area contributed by atoms with Gasteiger partial charge in [-0.05, 0) is 25.0 Å². The van der Waals surface area contributed by atoms with Crippen LogP contribution in [0.2, 0.25) is 0 Å². The fourth-order valence-electron chi connectivity index (χ4n) is 3.21. The Morgan fingerprint density at radius 3 is 2.33 bits per heavy atom. The fourth-order valence-corrected chi connectivity index (χ4v) is 3.21. The smallest absolute Gasteiger partial charge is 0.385 e. The van der Waals surface area contributed by atoms with Crippen LogP contribution in [0.5, 0.6) is 0 Å². The highest BCUT2D eigenvalue weighted by Crippen LogP contribution is 2.39. The highest BCUT2D eigenvalue weighted by atomic mass is 19.4. The molecule has 1 aromatic rings. The van der Waals surface area contributed by atoms with Gasteiger partial charge in [0.25, 0.3) is 0 Å². The Balaban J connectivity index is 1.92. The van der Waals surface area contributed by atoms with Crippen LogP contribution >= 0.6 is 0 Å². The van der Waals surface area contributed by atoms with E-state index >= 15 is 0 Å². The third kappa shape index (κ3) is 2.77. The number of morpholine rings is 1. The SMILES string of the molecule is OC1(c2ccc(C(F)(F)F)cc2F)CC2COCC(C1)N2. The van der Waals surface area contributed by atoms with E-state index < -0.39 is 23.2 Å². The number of piperidine rings is 1. The number of ether oxygens (including phenoxy) is 1. The van der Waals surface area contributed by atoms with Gasteiger partial charge in [-0.3, -0.25) is 0 Å². The predicted octanol–water partition coefficient (Wildman–Crippen LogP) is 2.18. The zero-order valence-electron chi connectivity index (χ0n) is 11.1. The lowest BCUT2D eigenvalue weighted by molar-refractivity contribution is -0.138. The van der Waals surface area contributed by atoms with Crippen LogP contribution in [0.4, 0.5) is 17.6 Å². The first-order valence-electron chi connectivity index (χ1n) is 6.71. The first-order valence-corrected chi connectivity index (χ1v) is 6.71.